The maximum absolute atomic E-state index is 13.2. The third-order valence-electron chi connectivity index (χ3n) is 5.86. The van der Waals surface area contributed by atoms with E-state index < -0.39 is 10.0 Å². The summed E-state index contributed by atoms with van der Waals surface area (Å²) in [6, 6.07) is 19.2. The van der Waals surface area contributed by atoms with Crippen molar-refractivity contribution in [2.45, 2.75) is 23.0 Å². The first-order valence-corrected chi connectivity index (χ1v) is 13.1. The number of anilines is 3. The highest BCUT2D eigenvalue weighted by molar-refractivity contribution is 7.94. The summed E-state index contributed by atoms with van der Waals surface area (Å²) in [5.41, 5.74) is 1.78. The van der Waals surface area contributed by atoms with Gasteiger partial charge in [-0.15, -0.1) is 11.3 Å². The minimum Gasteiger partial charge on any atom is -0.308 e. The van der Waals surface area contributed by atoms with Crippen molar-refractivity contribution in [2.75, 3.05) is 42.1 Å². The van der Waals surface area contributed by atoms with Crippen LogP contribution in [0.4, 0.5) is 21.9 Å². The van der Waals surface area contributed by atoms with Crippen LogP contribution in [0, 0.1) is 0 Å². The van der Waals surface area contributed by atoms with Gasteiger partial charge in [-0.3, -0.25) is 4.31 Å². The van der Waals surface area contributed by atoms with E-state index >= 15 is 0 Å². The number of thiophene rings is 1. The van der Waals surface area contributed by atoms with Crippen molar-refractivity contribution in [3.8, 4) is 0 Å². The summed E-state index contributed by atoms with van der Waals surface area (Å²) < 4.78 is 28.0. The number of carbonyl (C=O) groups excluding carboxylic acids is 1. The van der Waals surface area contributed by atoms with E-state index in [1.165, 1.54) is 15.6 Å². The molecule has 2 aromatic carbocycles. The molecule has 0 saturated carbocycles. The second-order valence-corrected chi connectivity index (χ2v) is 11.5. The number of urea groups is 1. The molecule has 0 unspecified atom stereocenters. The molecule has 0 bridgehead atoms. The van der Waals surface area contributed by atoms with Crippen molar-refractivity contribution in [3.05, 3.63) is 71.6 Å². The van der Waals surface area contributed by atoms with Crippen LogP contribution in [0.3, 0.4) is 0 Å². The molecule has 9 heteroatoms. The number of piperidine rings is 1. The summed E-state index contributed by atoms with van der Waals surface area (Å²) in [5.74, 6) is 0.424. The summed E-state index contributed by atoms with van der Waals surface area (Å²) in [6.45, 7) is 2.07. The minimum absolute atomic E-state index is 0.350. The number of benzene rings is 2. The number of carbonyl (C=O) groups is 1. The Kier molecular flexibility index (Phi) is 7.02. The smallest absolute Gasteiger partial charge is 0.308 e. The first-order chi connectivity index (χ1) is 15.8. The van der Waals surface area contributed by atoms with Gasteiger partial charge in [0.25, 0.3) is 10.0 Å². The predicted molar refractivity (Wildman–Crippen MR) is 135 cm³/mol. The van der Waals surface area contributed by atoms with Crippen molar-refractivity contribution in [1.82, 2.24) is 4.90 Å². The Morgan fingerprint density at radius 3 is 2.18 bits per heavy atom. The van der Waals surface area contributed by atoms with Crippen LogP contribution in [-0.4, -0.2) is 46.5 Å². The molecule has 2 N–H and O–H groups in total. The standard InChI is InChI=1S/C24H28N4O3S2/c1-27-16-14-18(15-17-27)22-12-13-23(32-22)33(30,31)28(2)21-10-8-20(9-11-21)26-24(29)25-19-6-4-3-5-7-19/h3-13,18H,14-17H2,1-2H3,(H2,25,26,29). The SMILES string of the molecule is CN1CCC(c2ccc(S(=O)(=O)N(C)c3ccc(NC(=O)Nc4ccccc4)cc3)s2)CC1. The average molecular weight is 485 g/mol. The van der Waals surface area contributed by atoms with Crippen molar-refractivity contribution in [3.63, 3.8) is 0 Å². The molecule has 2 amide bonds. The molecule has 0 spiro atoms. The number of nitrogens with zero attached hydrogens (tertiary/aromatic N) is 2. The molecular weight excluding hydrogens is 456 g/mol. The first-order valence-electron chi connectivity index (χ1n) is 10.8. The normalized spacial score (nSPS) is 15.2. The number of hydrogen-bond donors (Lipinski definition) is 2. The highest BCUT2D eigenvalue weighted by Crippen LogP contribution is 2.36. The molecule has 1 aromatic heterocycles. The van der Waals surface area contributed by atoms with Gasteiger partial charge in [0.15, 0.2) is 0 Å². The molecule has 7 nitrogen and oxygen atoms in total. The highest BCUT2D eigenvalue weighted by Gasteiger charge is 2.26. The maximum Gasteiger partial charge on any atom is 0.323 e. The van der Waals surface area contributed by atoms with Gasteiger partial charge in [0, 0.05) is 23.3 Å². The van der Waals surface area contributed by atoms with E-state index in [4.69, 9.17) is 0 Å². The second-order valence-electron chi connectivity index (χ2n) is 8.20. The number of hydrogen-bond acceptors (Lipinski definition) is 5. The molecule has 4 rings (SSSR count). The Balaban J connectivity index is 1.41. The van der Waals surface area contributed by atoms with Crippen LogP contribution in [0.5, 0.6) is 0 Å². The van der Waals surface area contributed by atoms with E-state index in [-0.39, 0.29) is 6.03 Å². The van der Waals surface area contributed by atoms with Crippen LogP contribution in [0.2, 0.25) is 0 Å². The lowest BCUT2D eigenvalue weighted by Crippen LogP contribution is -2.28. The fourth-order valence-corrected chi connectivity index (χ4v) is 6.69. The lowest BCUT2D eigenvalue weighted by molar-refractivity contribution is 0.257. The quantitative estimate of drug-likeness (QED) is 0.514. The monoisotopic (exact) mass is 484 g/mol. The molecule has 174 valence electrons. The fraction of sp³-hybridized carbons (Fsp3) is 0.292. The molecule has 0 atom stereocenters. The molecule has 0 radical (unpaired) electrons. The Labute approximate surface area is 199 Å². The minimum atomic E-state index is -3.66. The number of nitrogens with one attached hydrogen (secondary N) is 2. The molecular formula is C24H28N4O3S2. The molecule has 1 aliphatic rings. The summed E-state index contributed by atoms with van der Waals surface area (Å²) >= 11 is 1.37. The van der Waals surface area contributed by atoms with E-state index in [1.54, 1.807) is 49.5 Å². The van der Waals surface area contributed by atoms with Crippen molar-refractivity contribution < 1.29 is 13.2 Å². The largest absolute Gasteiger partial charge is 0.323 e. The van der Waals surface area contributed by atoms with E-state index in [0.29, 0.717) is 27.2 Å². The average Bonchev–Trinajstić information content (AvgIpc) is 3.31. The van der Waals surface area contributed by atoms with Gasteiger partial charge >= 0.3 is 6.03 Å². The van der Waals surface area contributed by atoms with Gasteiger partial charge < -0.3 is 15.5 Å². The topological polar surface area (TPSA) is 81.8 Å². The van der Waals surface area contributed by atoms with Crippen LogP contribution in [0.15, 0.2) is 70.9 Å². The van der Waals surface area contributed by atoms with Crippen LogP contribution < -0.4 is 14.9 Å². The second kappa shape index (κ2) is 9.94. The lowest BCUT2D eigenvalue weighted by atomic mass is 9.96. The Hall–Kier alpha value is -2.88. The van der Waals surface area contributed by atoms with Crippen molar-refractivity contribution >= 4 is 44.5 Å². The zero-order valence-electron chi connectivity index (χ0n) is 18.7. The number of amides is 2. The lowest BCUT2D eigenvalue weighted by Gasteiger charge is -2.28. The summed E-state index contributed by atoms with van der Waals surface area (Å²) in [7, 11) is 0.0120. The van der Waals surface area contributed by atoms with Crippen molar-refractivity contribution in [2.24, 2.45) is 0 Å². The van der Waals surface area contributed by atoms with Gasteiger partial charge in [0.1, 0.15) is 4.21 Å². The van der Waals surface area contributed by atoms with Gasteiger partial charge in [-0.05, 0) is 87.4 Å². The molecule has 0 aliphatic carbocycles. The molecule has 1 saturated heterocycles. The van der Waals surface area contributed by atoms with Gasteiger partial charge in [0.05, 0.1) is 5.69 Å². The molecule has 3 aromatic rings. The van der Waals surface area contributed by atoms with E-state index in [1.807, 2.05) is 24.3 Å². The van der Waals surface area contributed by atoms with Crippen LogP contribution in [0.1, 0.15) is 23.6 Å². The predicted octanol–water partition coefficient (Wildman–Crippen LogP) is 5.03. The molecule has 1 fully saturated rings. The molecule has 2 heterocycles. The number of likely N-dealkylation sites (tertiary alicyclic amines) is 1. The fourth-order valence-electron chi connectivity index (χ4n) is 3.83. The molecule has 33 heavy (non-hydrogen) atoms. The van der Waals surface area contributed by atoms with Crippen LogP contribution in [0.25, 0.3) is 0 Å². The van der Waals surface area contributed by atoms with Gasteiger partial charge in [0.2, 0.25) is 0 Å². The zero-order chi connectivity index (χ0) is 23.4. The third-order valence-corrected chi connectivity index (χ3v) is 9.36. The summed E-state index contributed by atoms with van der Waals surface area (Å²) in [5, 5.41) is 5.50. The maximum atomic E-state index is 13.2. The van der Waals surface area contributed by atoms with Gasteiger partial charge in [-0.2, -0.15) is 0 Å². The van der Waals surface area contributed by atoms with Crippen LogP contribution >= 0.6 is 11.3 Å². The number of sulfonamides is 1. The first kappa shape index (κ1) is 23.3. The Bertz CT molecular complexity index is 1190. The van der Waals surface area contributed by atoms with Gasteiger partial charge in [-0.25, -0.2) is 13.2 Å². The van der Waals surface area contributed by atoms with E-state index in [0.717, 1.165) is 30.8 Å². The highest BCUT2D eigenvalue weighted by atomic mass is 32.2. The zero-order valence-corrected chi connectivity index (χ0v) is 20.3. The number of rotatable bonds is 6. The van der Waals surface area contributed by atoms with E-state index in [2.05, 4.69) is 22.6 Å². The molecule has 1 aliphatic heterocycles. The van der Waals surface area contributed by atoms with Crippen LogP contribution in [-0.2, 0) is 10.0 Å². The van der Waals surface area contributed by atoms with Crippen molar-refractivity contribution in [1.29, 1.82) is 0 Å². The Morgan fingerprint density at radius 2 is 1.55 bits per heavy atom. The third kappa shape index (κ3) is 5.55. The van der Waals surface area contributed by atoms with Gasteiger partial charge in [-0.1, -0.05) is 18.2 Å². The summed E-state index contributed by atoms with van der Waals surface area (Å²) in [4.78, 5) is 15.6. The Morgan fingerprint density at radius 1 is 0.939 bits per heavy atom. The number of para-hydroxylation sites is 1. The van der Waals surface area contributed by atoms with E-state index in [9.17, 15) is 13.2 Å². The summed E-state index contributed by atoms with van der Waals surface area (Å²) in [6.07, 6.45) is 2.11.